The Morgan fingerprint density at radius 2 is 2.14 bits per heavy atom. The molecule has 1 unspecified atom stereocenters. The van der Waals surface area contributed by atoms with Gasteiger partial charge < -0.3 is 4.90 Å². The maximum atomic E-state index is 12.8. The second-order valence-corrected chi connectivity index (χ2v) is 9.27. The molecule has 1 heterocycles. The molecule has 1 amide bonds. The molecule has 0 N–H and O–H groups in total. The van der Waals surface area contributed by atoms with Crippen molar-refractivity contribution in [2.45, 2.75) is 17.2 Å². The third kappa shape index (κ3) is 3.76. The molecule has 4 nitrogen and oxygen atoms in total. The molecule has 116 valence electrons. The zero-order valence-corrected chi connectivity index (χ0v) is 14.8. The van der Waals surface area contributed by atoms with Crippen LogP contribution in [-0.4, -0.2) is 55.2 Å². The van der Waals surface area contributed by atoms with Gasteiger partial charge in [0, 0.05) is 34.8 Å². The molecule has 1 aromatic carbocycles. The van der Waals surface area contributed by atoms with Crippen LogP contribution in [0, 0.1) is 6.92 Å². The van der Waals surface area contributed by atoms with Crippen LogP contribution >= 0.6 is 23.5 Å². The number of benzene rings is 1. The number of carbonyl (C=O) groups is 1. The second-order valence-electron chi connectivity index (χ2n) is 5.04. The van der Waals surface area contributed by atoms with E-state index >= 15 is 0 Å². The topological polar surface area (TPSA) is 54.5 Å². The molecular formula is C14H19NO3S3. The molecular weight excluding hydrogens is 326 g/mol. The van der Waals surface area contributed by atoms with Gasteiger partial charge >= 0.3 is 0 Å². The number of hydrogen-bond acceptors (Lipinski definition) is 5. The van der Waals surface area contributed by atoms with Gasteiger partial charge in [0.15, 0.2) is 9.84 Å². The summed E-state index contributed by atoms with van der Waals surface area (Å²) in [6.07, 6.45) is 3.16. The van der Waals surface area contributed by atoms with Crippen molar-refractivity contribution >= 4 is 39.3 Å². The summed E-state index contributed by atoms with van der Waals surface area (Å²) in [5.74, 6) is 1.05. The second kappa shape index (κ2) is 6.62. The van der Waals surface area contributed by atoms with E-state index in [1.54, 1.807) is 23.5 Å². The minimum atomic E-state index is -3.28. The Balaban J connectivity index is 2.37. The molecule has 0 saturated carbocycles. The third-order valence-corrected chi connectivity index (χ3v) is 6.88. The Labute approximate surface area is 134 Å². The minimum Gasteiger partial charge on any atom is -0.320 e. The highest BCUT2D eigenvalue weighted by Crippen LogP contribution is 2.25. The van der Waals surface area contributed by atoms with Gasteiger partial charge in [0.1, 0.15) is 5.37 Å². The van der Waals surface area contributed by atoms with E-state index in [0.717, 1.165) is 16.2 Å². The van der Waals surface area contributed by atoms with Gasteiger partial charge in [0.05, 0.1) is 0 Å². The van der Waals surface area contributed by atoms with Crippen LogP contribution in [0.3, 0.4) is 0 Å². The van der Waals surface area contributed by atoms with Crippen LogP contribution in [0.25, 0.3) is 0 Å². The van der Waals surface area contributed by atoms with E-state index < -0.39 is 15.2 Å². The lowest BCUT2D eigenvalue weighted by atomic mass is 10.1. The molecule has 7 heteroatoms. The fourth-order valence-corrected chi connectivity index (χ4v) is 5.54. The lowest BCUT2D eigenvalue weighted by Crippen LogP contribution is -2.50. The van der Waals surface area contributed by atoms with E-state index in [1.165, 1.54) is 11.2 Å². The fraction of sp³-hybridized carbons (Fsp3) is 0.500. The van der Waals surface area contributed by atoms with Gasteiger partial charge in [0.25, 0.3) is 5.91 Å². The molecule has 2 rings (SSSR count). The Morgan fingerprint density at radius 1 is 1.43 bits per heavy atom. The molecule has 21 heavy (non-hydrogen) atoms. The predicted octanol–water partition coefficient (Wildman–Crippen LogP) is 2.28. The summed E-state index contributed by atoms with van der Waals surface area (Å²) in [5, 5.41) is -0.721. The van der Waals surface area contributed by atoms with Crippen molar-refractivity contribution in [3.8, 4) is 0 Å². The summed E-state index contributed by atoms with van der Waals surface area (Å²) in [6, 6.07) is 5.73. The lowest BCUT2D eigenvalue weighted by Gasteiger charge is -2.34. The van der Waals surface area contributed by atoms with E-state index in [1.807, 2.05) is 31.4 Å². The Hall–Kier alpha value is -0.660. The number of amides is 1. The van der Waals surface area contributed by atoms with Gasteiger partial charge in [-0.3, -0.25) is 4.79 Å². The van der Waals surface area contributed by atoms with Crippen molar-refractivity contribution in [1.29, 1.82) is 0 Å². The van der Waals surface area contributed by atoms with Crippen molar-refractivity contribution in [2.24, 2.45) is 0 Å². The molecule has 1 aromatic rings. The molecule has 1 atom stereocenters. The van der Waals surface area contributed by atoms with Crippen molar-refractivity contribution in [2.75, 3.05) is 30.6 Å². The molecule has 0 spiro atoms. The average Bonchev–Trinajstić information content (AvgIpc) is 2.46. The normalized spacial score (nSPS) is 19.6. The number of thioether (sulfide) groups is 2. The van der Waals surface area contributed by atoms with Crippen molar-refractivity contribution < 1.29 is 13.2 Å². The summed E-state index contributed by atoms with van der Waals surface area (Å²) in [5.41, 5.74) is 1.48. The van der Waals surface area contributed by atoms with E-state index in [0.29, 0.717) is 17.9 Å². The predicted molar refractivity (Wildman–Crippen MR) is 90.0 cm³/mol. The first-order valence-corrected chi connectivity index (χ1v) is 10.9. The third-order valence-electron chi connectivity index (χ3n) is 3.51. The van der Waals surface area contributed by atoms with Crippen LogP contribution in [-0.2, 0) is 9.84 Å². The average molecular weight is 346 g/mol. The molecule has 1 fully saturated rings. The Bertz CT molecular complexity index is 643. The minimum absolute atomic E-state index is 0.181. The van der Waals surface area contributed by atoms with Crippen LogP contribution in [0.5, 0.6) is 0 Å². The summed E-state index contributed by atoms with van der Waals surface area (Å²) in [6.45, 7) is 2.36. The summed E-state index contributed by atoms with van der Waals surface area (Å²) in [4.78, 5) is 15.3. The van der Waals surface area contributed by atoms with Gasteiger partial charge in [-0.25, -0.2) is 8.42 Å². The van der Waals surface area contributed by atoms with Crippen molar-refractivity contribution in [3.63, 3.8) is 0 Å². The smallest absolute Gasteiger partial charge is 0.255 e. The SMILES string of the molecule is CSc1ccc(C)c(C(=O)N2CCSCC2S(C)(=O)=O)c1. The van der Waals surface area contributed by atoms with E-state index in [4.69, 9.17) is 0 Å². The van der Waals surface area contributed by atoms with E-state index in [9.17, 15) is 13.2 Å². The highest BCUT2D eigenvalue weighted by molar-refractivity contribution is 8.00. The molecule has 0 aliphatic carbocycles. The lowest BCUT2D eigenvalue weighted by molar-refractivity contribution is 0.0748. The molecule has 0 aromatic heterocycles. The molecule has 0 bridgehead atoms. The first-order valence-electron chi connectivity index (χ1n) is 6.57. The molecule has 1 saturated heterocycles. The zero-order chi connectivity index (χ0) is 15.6. The van der Waals surface area contributed by atoms with Crippen LogP contribution in [0.4, 0.5) is 0 Å². The summed E-state index contributed by atoms with van der Waals surface area (Å²) >= 11 is 3.15. The zero-order valence-electron chi connectivity index (χ0n) is 12.3. The number of hydrogen-bond donors (Lipinski definition) is 0. The van der Waals surface area contributed by atoms with E-state index in [-0.39, 0.29) is 5.91 Å². The number of nitrogens with zero attached hydrogens (tertiary/aromatic N) is 1. The summed E-state index contributed by atoms with van der Waals surface area (Å²) < 4.78 is 23.9. The highest BCUT2D eigenvalue weighted by atomic mass is 32.2. The number of rotatable bonds is 3. The molecule has 1 aliphatic heterocycles. The first kappa shape index (κ1) is 16.7. The van der Waals surface area contributed by atoms with Crippen molar-refractivity contribution in [3.05, 3.63) is 29.3 Å². The van der Waals surface area contributed by atoms with Gasteiger partial charge in [-0.15, -0.1) is 11.8 Å². The highest BCUT2D eigenvalue weighted by Gasteiger charge is 2.35. The van der Waals surface area contributed by atoms with Gasteiger partial charge in [-0.2, -0.15) is 11.8 Å². The van der Waals surface area contributed by atoms with Crippen LogP contribution < -0.4 is 0 Å². The molecule has 0 radical (unpaired) electrons. The summed E-state index contributed by atoms with van der Waals surface area (Å²) in [7, 11) is -3.28. The van der Waals surface area contributed by atoms with Gasteiger partial charge in [-0.1, -0.05) is 6.07 Å². The van der Waals surface area contributed by atoms with Gasteiger partial charge in [-0.05, 0) is 30.9 Å². The number of carbonyl (C=O) groups excluding carboxylic acids is 1. The largest absolute Gasteiger partial charge is 0.320 e. The Morgan fingerprint density at radius 3 is 2.76 bits per heavy atom. The first-order chi connectivity index (χ1) is 9.84. The number of aryl methyl sites for hydroxylation is 1. The Kier molecular flexibility index (Phi) is 5.27. The molecule has 1 aliphatic rings. The van der Waals surface area contributed by atoms with Crippen LogP contribution in [0.15, 0.2) is 23.1 Å². The van der Waals surface area contributed by atoms with Crippen LogP contribution in [0.2, 0.25) is 0 Å². The van der Waals surface area contributed by atoms with Crippen LogP contribution in [0.1, 0.15) is 15.9 Å². The van der Waals surface area contributed by atoms with Crippen molar-refractivity contribution in [1.82, 2.24) is 4.90 Å². The quantitative estimate of drug-likeness (QED) is 0.787. The van der Waals surface area contributed by atoms with E-state index in [2.05, 4.69) is 0 Å². The standard InChI is InChI=1S/C14H19NO3S3/c1-10-4-5-11(19-2)8-12(10)14(16)15-6-7-20-9-13(15)21(3,17)18/h4-5,8,13H,6-7,9H2,1-3H3. The maximum Gasteiger partial charge on any atom is 0.255 e. The van der Waals surface area contributed by atoms with Gasteiger partial charge in [0.2, 0.25) is 0 Å². The number of sulfone groups is 1. The monoisotopic (exact) mass is 345 g/mol. The maximum absolute atomic E-state index is 12.8. The fourth-order valence-electron chi connectivity index (χ4n) is 2.28.